The predicted molar refractivity (Wildman–Crippen MR) is 144 cm³/mol. The topological polar surface area (TPSA) is 196 Å². The SMILES string of the molecule is CCC(C)C(NC(=O)C(CCC(N)=O)NC(=O)C1CCCN1)C(=O)NC(Cc1c[nH]c2ccccc12)C(=O)O. The van der Waals surface area contributed by atoms with Gasteiger partial charge >= 0.3 is 5.97 Å². The molecule has 2 heterocycles. The Morgan fingerprint density at radius 2 is 1.82 bits per heavy atom. The van der Waals surface area contributed by atoms with Crippen molar-refractivity contribution in [3.63, 3.8) is 0 Å². The smallest absolute Gasteiger partial charge is 0.326 e. The van der Waals surface area contributed by atoms with Gasteiger partial charge in [0.1, 0.15) is 18.1 Å². The average molecular weight is 543 g/mol. The van der Waals surface area contributed by atoms with Gasteiger partial charge in [-0.15, -0.1) is 0 Å². The van der Waals surface area contributed by atoms with E-state index < -0.39 is 47.9 Å². The molecule has 1 aliphatic rings. The molecule has 0 spiro atoms. The lowest BCUT2D eigenvalue weighted by atomic mass is 9.96. The minimum Gasteiger partial charge on any atom is -0.480 e. The number of primary amides is 1. The van der Waals surface area contributed by atoms with E-state index in [0.29, 0.717) is 19.4 Å². The zero-order valence-electron chi connectivity index (χ0n) is 22.3. The number of carbonyl (C=O) groups is 5. The molecule has 12 heteroatoms. The Morgan fingerprint density at radius 1 is 1.08 bits per heavy atom. The standard InChI is InChI=1S/C27H38N6O6/c1-3-15(2)23(33-25(36)20(10-11-22(28)34)31-24(35)19-9-6-12-29-19)26(37)32-21(27(38)39)13-16-14-30-18-8-5-4-7-17(16)18/h4-5,7-8,14-15,19-21,23,29-30H,3,6,9-13H2,1-2H3,(H2,28,34)(H,31,35)(H,32,37)(H,33,36)(H,38,39). The van der Waals surface area contributed by atoms with E-state index in [0.717, 1.165) is 22.9 Å². The Hall–Kier alpha value is -3.93. The highest BCUT2D eigenvalue weighted by Crippen LogP contribution is 2.19. The van der Waals surface area contributed by atoms with Crippen LogP contribution in [0.1, 0.15) is 51.5 Å². The van der Waals surface area contributed by atoms with Gasteiger partial charge in [-0.1, -0.05) is 38.5 Å². The van der Waals surface area contributed by atoms with Crippen molar-refractivity contribution in [2.45, 2.75) is 76.5 Å². The van der Waals surface area contributed by atoms with Crippen LogP contribution < -0.4 is 27.0 Å². The second-order valence-electron chi connectivity index (χ2n) is 10.0. The van der Waals surface area contributed by atoms with Gasteiger partial charge in [0, 0.05) is 29.9 Å². The number of carbonyl (C=O) groups excluding carboxylic acids is 4. The van der Waals surface area contributed by atoms with Crippen molar-refractivity contribution in [3.8, 4) is 0 Å². The monoisotopic (exact) mass is 542 g/mol. The second-order valence-corrected chi connectivity index (χ2v) is 10.0. The molecule has 212 valence electrons. The minimum atomic E-state index is -1.24. The third kappa shape index (κ3) is 8.03. The molecule has 1 saturated heterocycles. The summed E-state index contributed by atoms with van der Waals surface area (Å²) in [6.45, 7) is 4.30. The largest absolute Gasteiger partial charge is 0.480 e. The molecule has 4 amide bonds. The number of benzene rings is 1. The number of aliphatic carboxylic acids is 1. The third-order valence-corrected chi connectivity index (χ3v) is 7.20. The Kier molecular flexibility index (Phi) is 10.4. The molecule has 0 aliphatic carbocycles. The lowest BCUT2D eigenvalue weighted by Gasteiger charge is -2.28. The lowest BCUT2D eigenvalue weighted by Crippen LogP contribution is -2.58. The Balaban J connectivity index is 1.73. The number of nitrogens with one attached hydrogen (secondary N) is 5. The van der Waals surface area contributed by atoms with E-state index in [1.807, 2.05) is 31.2 Å². The molecule has 3 rings (SSSR count). The van der Waals surface area contributed by atoms with Gasteiger partial charge in [0.15, 0.2) is 0 Å². The molecule has 1 aromatic heterocycles. The molecule has 2 aromatic rings. The highest BCUT2D eigenvalue weighted by atomic mass is 16.4. The zero-order chi connectivity index (χ0) is 28.5. The first-order valence-corrected chi connectivity index (χ1v) is 13.3. The number of hydrogen-bond donors (Lipinski definition) is 7. The van der Waals surface area contributed by atoms with Gasteiger partial charge in [-0.2, -0.15) is 0 Å². The molecular weight excluding hydrogens is 504 g/mol. The van der Waals surface area contributed by atoms with Gasteiger partial charge in [0.05, 0.1) is 6.04 Å². The summed E-state index contributed by atoms with van der Waals surface area (Å²) in [4.78, 5) is 65.8. The van der Waals surface area contributed by atoms with Crippen molar-refractivity contribution in [1.29, 1.82) is 0 Å². The maximum absolute atomic E-state index is 13.3. The minimum absolute atomic E-state index is 0.0349. The molecule has 5 atom stereocenters. The number of carboxylic acid groups (broad SMARTS) is 1. The van der Waals surface area contributed by atoms with Gasteiger partial charge in [-0.25, -0.2) is 4.79 Å². The van der Waals surface area contributed by atoms with Crippen molar-refractivity contribution < 1.29 is 29.1 Å². The van der Waals surface area contributed by atoms with E-state index in [2.05, 4.69) is 26.3 Å². The van der Waals surface area contributed by atoms with Gasteiger partial charge in [0.2, 0.25) is 23.6 Å². The van der Waals surface area contributed by atoms with Crippen molar-refractivity contribution in [3.05, 3.63) is 36.0 Å². The molecule has 5 unspecified atom stereocenters. The van der Waals surface area contributed by atoms with Crippen LogP contribution in [0.5, 0.6) is 0 Å². The maximum Gasteiger partial charge on any atom is 0.326 e. The molecular formula is C27H38N6O6. The van der Waals surface area contributed by atoms with E-state index in [4.69, 9.17) is 5.73 Å². The van der Waals surface area contributed by atoms with Crippen LogP contribution in [-0.2, 0) is 30.4 Å². The number of aromatic amines is 1. The highest BCUT2D eigenvalue weighted by Gasteiger charge is 2.33. The van der Waals surface area contributed by atoms with Gasteiger partial charge < -0.3 is 37.1 Å². The number of para-hydroxylation sites is 1. The number of nitrogens with two attached hydrogens (primary N) is 1. The first-order valence-electron chi connectivity index (χ1n) is 13.3. The number of amides is 4. The average Bonchev–Trinajstić information content (AvgIpc) is 3.59. The van der Waals surface area contributed by atoms with E-state index in [-0.39, 0.29) is 31.1 Å². The number of H-pyrrole nitrogens is 1. The summed E-state index contributed by atoms with van der Waals surface area (Å²) in [6.07, 6.45) is 3.55. The van der Waals surface area contributed by atoms with Crippen LogP contribution in [0, 0.1) is 5.92 Å². The molecule has 12 nitrogen and oxygen atoms in total. The van der Waals surface area contributed by atoms with Crippen LogP contribution in [0.25, 0.3) is 10.9 Å². The first-order chi connectivity index (χ1) is 18.6. The zero-order valence-corrected chi connectivity index (χ0v) is 22.3. The van der Waals surface area contributed by atoms with Gasteiger partial charge in [-0.3, -0.25) is 19.2 Å². The first kappa shape index (κ1) is 29.6. The predicted octanol–water partition coefficient (Wildman–Crippen LogP) is 0.313. The molecule has 0 bridgehead atoms. The van der Waals surface area contributed by atoms with E-state index in [9.17, 15) is 29.1 Å². The maximum atomic E-state index is 13.3. The van der Waals surface area contributed by atoms with E-state index in [1.54, 1.807) is 13.1 Å². The number of aromatic nitrogens is 1. The fourth-order valence-electron chi connectivity index (χ4n) is 4.67. The summed E-state index contributed by atoms with van der Waals surface area (Å²) in [7, 11) is 0. The molecule has 1 fully saturated rings. The van der Waals surface area contributed by atoms with Crippen LogP contribution in [0.15, 0.2) is 30.5 Å². The summed E-state index contributed by atoms with van der Waals surface area (Å²) in [5, 5.41) is 21.7. The van der Waals surface area contributed by atoms with Crippen LogP contribution in [0.2, 0.25) is 0 Å². The number of fused-ring (bicyclic) bond motifs is 1. The van der Waals surface area contributed by atoms with Crippen LogP contribution in [0.3, 0.4) is 0 Å². The molecule has 0 radical (unpaired) electrons. The number of hydrogen-bond acceptors (Lipinski definition) is 6. The number of rotatable bonds is 14. The van der Waals surface area contributed by atoms with E-state index in [1.165, 1.54) is 0 Å². The summed E-state index contributed by atoms with van der Waals surface area (Å²) in [5.74, 6) is -3.85. The highest BCUT2D eigenvalue weighted by molar-refractivity contribution is 5.95. The Bertz CT molecular complexity index is 1190. The second kappa shape index (κ2) is 13.7. The fraction of sp³-hybridized carbons (Fsp3) is 0.519. The van der Waals surface area contributed by atoms with Crippen LogP contribution >= 0.6 is 0 Å². The van der Waals surface area contributed by atoms with E-state index >= 15 is 0 Å². The fourth-order valence-corrected chi connectivity index (χ4v) is 4.67. The quantitative estimate of drug-likeness (QED) is 0.178. The normalized spacial score (nSPS) is 18.1. The summed E-state index contributed by atoms with van der Waals surface area (Å²) in [5.41, 5.74) is 6.85. The Morgan fingerprint density at radius 3 is 2.46 bits per heavy atom. The van der Waals surface area contributed by atoms with Crippen molar-refractivity contribution in [1.82, 2.24) is 26.3 Å². The Labute approximate surface area is 226 Å². The van der Waals surface area contributed by atoms with Crippen molar-refractivity contribution in [2.24, 2.45) is 11.7 Å². The van der Waals surface area contributed by atoms with Crippen LogP contribution in [-0.4, -0.2) is 70.4 Å². The summed E-state index contributed by atoms with van der Waals surface area (Å²) >= 11 is 0. The van der Waals surface area contributed by atoms with Crippen molar-refractivity contribution >= 4 is 40.5 Å². The van der Waals surface area contributed by atoms with Crippen molar-refractivity contribution in [2.75, 3.05) is 6.54 Å². The summed E-state index contributed by atoms with van der Waals surface area (Å²) in [6, 6.07) is 3.62. The van der Waals surface area contributed by atoms with Crippen LogP contribution in [0.4, 0.5) is 0 Å². The third-order valence-electron chi connectivity index (χ3n) is 7.20. The molecule has 39 heavy (non-hydrogen) atoms. The van der Waals surface area contributed by atoms with Gasteiger partial charge in [-0.05, 0) is 43.4 Å². The lowest BCUT2D eigenvalue weighted by molar-refractivity contribution is -0.142. The molecule has 1 aromatic carbocycles. The summed E-state index contributed by atoms with van der Waals surface area (Å²) < 4.78 is 0. The number of carboxylic acids is 1. The molecule has 8 N–H and O–H groups in total. The van der Waals surface area contributed by atoms with Gasteiger partial charge in [0.25, 0.3) is 0 Å². The molecule has 0 saturated carbocycles. The molecule has 1 aliphatic heterocycles.